The number of halogens is 1. The minimum Gasteiger partial charge on any atom is -0.279 e. The molecule has 4 aromatic rings. The number of fused-ring (bicyclic) bond motifs is 1. The summed E-state index contributed by atoms with van der Waals surface area (Å²) in [4.78, 5) is 24.8. The van der Waals surface area contributed by atoms with E-state index in [-0.39, 0.29) is 11.7 Å². The van der Waals surface area contributed by atoms with Gasteiger partial charge >= 0.3 is 0 Å². The van der Waals surface area contributed by atoms with Gasteiger partial charge in [0.15, 0.2) is 5.13 Å². The molecule has 4 rings (SSSR count). The minimum atomic E-state index is -0.317. The predicted octanol–water partition coefficient (Wildman–Crippen LogP) is 6.18. The minimum absolute atomic E-state index is 0.146. The fraction of sp³-hybridized carbons (Fsp3) is 0.174. The molecule has 2 aromatic heterocycles. The number of pyridine rings is 1. The summed E-state index contributed by atoms with van der Waals surface area (Å²) in [5.41, 5.74) is 2.20. The Labute approximate surface area is 182 Å². The second-order valence-electron chi connectivity index (χ2n) is 7.05. The van der Waals surface area contributed by atoms with Gasteiger partial charge in [0.2, 0.25) is 0 Å². The molecule has 0 aliphatic rings. The van der Waals surface area contributed by atoms with Gasteiger partial charge in [0.25, 0.3) is 5.91 Å². The molecule has 0 N–H and O–H groups in total. The molecule has 2 heterocycles. The first-order valence-corrected chi connectivity index (χ1v) is 11.2. The lowest BCUT2D eigenvalue weighted by Crippen LogP contribution is -2.30. The van der Waals surface area contributed by atoms with Gasteiger partial charge in [-0.25, -0.2) is 9.37 Å². The standard InChI is InChI=1S/C23H20FN3OS2/c1-15(2)29-19-6-3-17(4-7-19)22(28)27(14-16-9-11-25-12-10-16)23-26-20-8-5-18(24)13-21(20)30-23/h3-13,15H,14H2,1-2H3. The van der Waals surface area contributed by atoms with Crippen LogP contribution in [0.1, 0.15) is 29.8 Å². The number of rotatable bonds is 6. The number of benzene rings is 2. The van der Waals surface area contributed by atoms with Gasteiger partial charge in [-0.1, -0.05) is 25.2 Å². The van der Waals surface area contributed by atoms with Crippen molar-refractivity contribution in [2.75, 3.05) is 4.90 Å². The van der Waals surface area contributed by atoms with Crippen LogP contribution in [0.2, 0.25) is 0 Å². The van der Waals surface area contributed by atoms with E-state index in [0.717, 1.165) is 10.5 Å². The summed E-state index contributed by atoms with van der Waals surface area (Å²) in [6.07, 6.45) is 3.40. The Morgan fingerprint density at radius 2 is 1.83 bits per heavy atom. The molecule has 0 spiro atoms. The normalized spacial score (nSPS) is 11.2. The third kappa shape index (κ3) is 4.68. The first kappa shape index (κ1) is 20.5. The van der Waals surface area contributed by atoms with Gasteiger partial charge in [-0.3, -0.25) is 14.7 Å². The summed E-state index contributed by atoms with van der Waals surface area (Å²) in [6, 6.07) is 15.8. The highest BCUT2D eigenvalue weighted by molar-refractivity contribution is 7.99. The van der Waals surface area contributed by atoms with Crippen LogP contribution in [0.3, 0.4) is 0 Å². The molecule has 4 nitrogen and oxygen atoms in total. The first-order chi connectivity index (χ1) is 14.5. The van der Waals surface area contributed by atoms with Crippen molar-refractivity contribution in [3.05, 3.63) is 83.9 Å². The first-order valence-electron chi connectivity index (χ1n) is 9.53. The van der Waals surface area contributed by atoms with E-state index in [0.29, 0.717) is 32.7 Å². The van der Waals surface area contributed by atoms with Crippen molar-refractivity contribution >= 4 is 44.4 Å². The lowest BCUT2D eigenvalue weighted by molar-refractivity contribution is 0.0985. The van der Waals surface area contributed by atoms with Crippen LogP contribution < -0.4 is 4.90 Å². The Bertz CT molecular complexity index is 1160. The van der Waals surface area contributed by atoms with E-state index in [1.807, 2.05) is 36.4 Å². The Balaban J connectivity index is 1.69. The molecule has 0 saturated carbocycles. The van der Waals surface area contributed by atoms with Gasteiger partial charge in [-0.2, -0.15) is 0 Å². The van der Waals surface area contributed by atoms with Crippen molar-refractivity contribution in [2.45, 2.75) is 30.5 Å². The average Bonchev–Trinajstić information content (AvgIpc) is 3.15. The second-order valence-corrected chi connectivity index (χ2v) is 9.71. The van der Waals surface area contributed by atoms with Crippen LogP contribution >= 0.6 is 23.1 Å². The number of carbonyl (C=O) groups is 1. The molecule has 1 amide bonds. The molecule has 0 radical (unpaired) electrons. The maximum atomic E-state index is 13.6. The van der Waals surface area contributed by atoms with E-state index in [9.17, 15) is 9.18 Å². The van der Waals surface area contributed by atoms with E-state index in [2.05, 4.69) is 23.8 Å². The van der Waals surface area contributed by atoms with Gasteiger partial charge < -0.3 is 0 Å². The third-order valence-corrected chi connectivity index (χ3v) is 6.44. The maximum absolute atomic E-state index is 13.6. The SMILES string of the molecule is CC(C)Sc1ccc(C(=O)N(Cc2ccncc2)c2nc3ccc(F)cc3s2)cc1. The van der Waals surface area contributed by atoms with Crippen LogP contribution in [-0.4, -0.2) is 21.1 Å². The number of hydrogen-bond donors (Lipinski definition) is 0. The largest absolute Gasteiger partial charge is 0.279 e. The lowest BCUT2D eigenvalue weighted by Gasteiger charge is -2.20. The van der Waals surface area contributed by atoms with E-state index >= 15 is 0 Å². The molecule has 0 fully saturated rings. The zero-order valence-corrected chi connectivity index (χ0v) is 18.2. The number of carbonyl (C=O) groups excluding carboxylic acids is 1. The van der Waals surface area contributed by atoms with Crippen LogP contribution in [-0.2, 0) is 6.54 Å². The van der Waals surface area contributed by atoms with Crippen molar-refractivity contribution < 1.29 is 9.18 Å². The summed E-state index contributed by atoms with van der Waals surface area (Å²) in [5, 5.41) is 1.01. The number of thiazole rings is 1. The molecule has 0 atom stereocenters. The molecule has 0 aliphatic heterocycles. The Morgan fingerprint density at radius 3 is 2.53 bits per heavy atom. The molecule has 0 bridgehead atoms. The molecule has 0 aliphatic carbocycles. The summed E-state index contributed by atoms with van der Waals surface area (Å²) in [5.74, 6) is -0.463. The van der Waals surface area contributed by atoms with Crippen molar-refractivity contribution in [3.63, 3.8) is 0 Å². The smallest absolute Gasteiger partial charge is 0.260 e. The van der Waals surface area contributed by atoms with Gasteiger partial charge in [0.1, 0.15) is 5.82 Å². The van der Waals surface area contributed by atoms with Crippen LogP contribution in [0.15, 0.2) is 71.9 Å². The van der Waals surface area contributed by atoms with Gasteiger partial charge in [0, 0.05) is 28.1 Å². The lowest BCUT2D eigenvalue weighted by atomic mass is 10.2. The van der Waals surface area contributed by atoms with Crippen molar-refractivity contribution in [1.29, 1.82) is 0 Å². The molecule has 2 aromatic carbocycles. The fourth-order valence-corrected chi connectivity index (χ4v) is 4.83. The second kappa shape index (κ2) is 8.93. The topological polar surface area (TPSA) is 46.1 Å². The fourth-order valence-electron chi connectivity index (χ4n) is 3.00. The van der Waals surface area contributed by atoms with E-state index in [4.69, 9.17) is 0 Å². The van der Waals surface area contributed by atoms with Gasteiger partial charge in [-0.15, -0.1) is 11.8 Å². The van der Waals surface area contributed by atoms with Crippen LogP contribution in [0.25, 0.3) is 10.2 Å². The monoisotopic (exact) mass is 437 g/mol. The zero-order chi connectivity index (χ0) is 21.1. The van der Waals surface area contributed by atoms with E-state index < -0.39 is 0 Å². The molecular weight excluding hydrogens is 417 g/mol. The van der Waals surface area contributed by atoms with E-state index in [1.165, 1.54) is 23.5 Å². The zero-order valence-electron chi connectivity index (χ0n) is 16.6. The number of aromatic nitrogens is 2. The van der Waals surface area contributed by atoms with Gasteiger partial charge in [0.05, 0.1) is 16.8 Å². The maximum Gasteiger partial charge on any atom is 0.260 e. The summed E-state index contributed by atoms with van der Waals surface area (Å²) < 4.78 is 14.3. The van der Waals surface area contributed by atoms with E-state index in [1.54, 1.807) is 35.1 Å². The van der Waals surface area contributed by atoms with Crippen molar-refractivity contribution in [1.82, 2.24) is 9.97 Å². The van der Waals surface area contributed by atoms with Gasteiger partial charge in [-0.05, 0) is 60.2 Å². The highest BCUT2D eigenvalue weighted by atomic mass is 32.2. The van der Waals surface area contributed by atoms with Crippen LogP contribution in [0.4, 0.5) is 9.52 Å². The molecule has 7 heteroatoms. The van der Waals surface area contributed by atoms with Crippen LogP contribution in [0, 0.1) is 5.82 Å². The average molecular weight is 438 g/mol. The number of anilines is 1. The molecular formula is C23H20FN3OS2. The summed E-state index contributed by atoms with van der Waals surface area (Å²) in [7, 11) is 0. The molecule has 0 saturated heterocycles. The highest BCUT2D eigenvalue weighted by Crippen LogP contribution is 2.32. The number of nitrogens with zero attached hydrogens (tertiary/aromatic N) is 3. The summed E-state index contributed by atoms with van der Waals surface area (Å²) >= 11 is 3.06. The quantitative estimate of drug-likeness (QED) is 0.338. The Morgan fingerprint density at radius 1 is 1.10 bits per heavy atom. The van der Waals surface area contributed by atoms with Crippen LogP contribution in [0.5, 0.6) is 0 Å². The third-order valence-electron chi connectivity index (χ3n) is 4.38. The van der Waals surface area contributed by atoms with Crippen molar-refractivity contribution in [2.24, 2.45) is 0 Å². The summed E-state index contributed by atoms with van der Waals surface area (Å²) in [6.45, 7) is 4.62. The molecule has 0 unspecified atom stereocenters. The van der Waals surface area contributed by atoms with Crippen molar-refractivity contribution in [3.8, 4) is 0 Å². The molecule has 152 valence electrons. The molecule has 30 heavy (non-hydrogen) atoms. The number of thioether (sulfide) groups is 1. The predicted molar refractivity (Wildman–Crippen MR) is 122 cm³/mol. The number of amides is 1. The highest BCUT2D eigenvalue weighted by Gasteiger charge is 2.22. The number of hydrogen-bond acceptors (Lipinski definition) is 5. The Hall–Kier alpha value is -2.77. The Kier molecular flexibility index (Phi) is 6.11.